The molecule has 0 aliphatic carbocycles. The SMILES string of the molecule is C#Cc1cccc2cc(O)cc(-c3ncc4c(N5CCC(F)(F)C[C@@H](NC(=O)C=C)C5)nc(OCC56CCCN5CCC6)nc4c3F)c12. The Morgan fingerprint density at radius 3 is 2.73 bits per heavy atom. The first-order valence-corrected chi connectivity index (χ1v) is 16.1. The summed E-state index contributed by atoms with van der Waals surface area (Å²) in [5, 5.41) is 14.5. The lowest BCUT2D eigenvalue weighted by atomic mass is 9.95. The number of fused-ring (bicyclic) bond motifs is 3. The van der Waals surface area contributed by atoms with E-state index in [0.29, 0.717) is 22.9 Å². The molecule has 3 saturated heterocycles. The van der Waals surface area contributed by atoms with Gasteiger partial charge in [0.1, 0.15) is 29.4 Å². The minimum atomic E-state index is -3.06. The summed E-state index contributed by atoms with van der Waals surface area (Å²) in [4.78, 5) is 29.9. The predicted molar refractivity (Wildman–Crippen MR) is 177 cm³/mol. The minimum Gasteiger partial charge on any atom is -0.508 e. The molecule has 3 fully saturated rings. The van der Waals surface area contributed by atoms with Gasteiger partial charge >= 0.3 is 6.01 Å². The maximum Gasteiger partial charge on any atom is 0.319 e. The molecule has 0 radical (unpaired) electrons. The Morgan fingerprint density at radius 2 is 1.98 bits per heavy atom. The monoisotopic (exact) mass is 656 g/mol. The third kappa shape index (κ3) is 5.76. The zero-order chi connectivity index (χ0) is 33.6. The van der Waals surface area contributed by atoms with Gasteiger partial charge in [-0.25, -0.2) is 13.2 Å². The van der Waals surface area contributed by atoms with Crippen molar-refractivity contribution in [2.24, 2.45) is 0 Å². The van der Waals surface area contributed by atoms with Crippen molar-refractivity contribution in [1.82, 2.24) is 25.2 Å². The predicted octanol–water partition coefficient (Wildman–Crippen LogP) is 5.58. The normalized spacial score (nSPS) is 20.3. The molecule has 1 atom stereocenters. The van der Waals surface area contributed by atoms with E-state index in [-0.39, 0.29) is 58.4 Å². The Labute approximate surface area is 275 Å². The molecular weight excluding hydrogens is 621 g/mol. The van der Waals surface area contributed by atoms with Gasteiger partial charge in [0.2, 0.25) is 5.91 Å². The van der Waals surface area contributed by atoms with Crippen LogP contribution in [0.15, 0.2) is 49.2 Å². The average Bonchev–Trinajstić information content (AvgIpc) is 3.61. The Morgan fingerprint density at radius 1 is 1.19 bits per heavy atom. The molecule has 3 aliphatic heterocycles. The molecular formula is C36H35F3N6O3. The highest BCUT2D eigenvalue weighted by Crippen LogP contribution is 2.41. The summed E-state index contributed by atoms with van der Waals surface area (Å²) in [6.07, 6.45) is 11.2. The van der Waals surface area contributed by atoms with Crippen LogP contribution in [0.2, 0.25) is 0 Å². The maximum absolute atomic E-state index is 16.9. The molecule has 248 valence electrons. The number of anilines is 1. The van der Waals surface area contributed by atoms with E-state index in [4.69, 9.17) is 11.2 Å². The summed E-state index contributed by atoms with van der Waals surface area (Å²) < 4.78 is 53.0. The number of pyridine rings is 1. The lowest BCUT2D eigenvalue weighted by Crippen LogP contribution is -2.44. The molecule has 2 aromatic carbocycles. The number of nitrogens with one attached hydrogen (secondary N) is 1. The zero-order valence-electron chi connectivity index (χ0n) is 26.3. The molecule has 0 saturated carbocycles. The Balaban J connectivity index is 1.37. The number of benzene rings is 2. The number of hydrogen-bond acceptors (Lipinski definition) is 8. The topological polar surface area (TPSA) is 104 Å². The highest BCUT2D eigenvalue weighted by molar-refractivity contribution is 6.02. The Hall–Kier alpha value is -4.89. The van der Waals surface area contributed by atoms with Crippen molar-refractivity contribution in [3.63, 3.8) is 0 Å². The second-order valence-electron chi connectivity index (χ2n) is 12.9. The second-order valence-corrected chi connectivity index (χ2v) is 12.9. The molecule has 12 heteroatoms. The average molecular weight is 657 g/mol. The smallest absolute Gasteiger partial charge is 0.319 e. The number of ether oxygens (including phenoxy) is 1. The number of alkyl halides is 2. The highest BCUT2D eigenvalue weighted by Gasteiger charge is 2.45. The first-order valence-electron chi connectivity index (χ1n) is 16.1. The molecule has 9 nitrogen and oxygen atoms in total. The minimum absolute atomic E-state index is 0.0233. The number of phenolic OH excluding ortho intramolecular Hbond substituents is 1. The van der Waals surface area contributed by atoms with Gasteiger partial charge in [-0.3, -0.25) is 14.7 Å². The van der Waals surface area contributed by atoms with Crippen LogP contribution in [-0.2, 0) is 4.79 Å². The zero-order valence-corrected chi connectivity index (χ0v) is 26.3. The van der Waals surface area contributed by atoms with Gasteiger partial charge in [-0.1, -0.05) is 24.6 Å². The molecule has 0 bridgehead atoms. The number of amides is 1. The fraction of sp³-hybridized carbons (Fsp3) is 0.389. The largest absolute Gasteiger partial charge is 0.508 e. The summed E-state index contributed by atoms with van der Waals surface area (Å²) in [5.41, 5.74) is 0.387. The summed E-state index contributed by atoms with van der Waals surface area (Å²) >= 11 is 0. The van der Waals surface area contributed by atoms with Crippen LogP contribution in [0.5, 0.6) is 11.8 Å². The highest BCUT2D eigenvalue weighted by atomic mass is 19.3. The van der Waals surface area contributed by atoms with E-state index in [9.17, 15) is 18.7 Å². The van der Waals surface area contributed by atoms with Crippen molar-refractivity contribution in [1.29, 1.82) is 0 Å². The van der Waals surface area contributed by atoms with Crippen LogP contribution in [-0.4, -0.2) is 81.2 Å². The van der Waals surface area contributed by atoms with Crippen LogP contribution < -0.4 is 15.0 Å². The quantitative estimate of drug-likeness (QED) is 0.196. The van der Waals surface area contributed by atoms with E-state index in [0.717, 1.165) is 44.8 Å². The van der Waals surface area contributed by atoms with Crippen LogP contribution in [0.25, 0.3) is 32.9 Å². The Kier molecular flexibility index (Phi) is 8.11. The van der Waals surface area contributed by atoms with Crippen LogP contribution >= 0.6 is 0 Å². The van der Waals surface area contributed by atoms with E-state index < -0.39 is 36.5 Å². The van der Waals surface area contributed by atoms with Crippen LogP contribution in [0.3, 0.4) is 0 Å². The van der Waals surface area contributed by atoms with Gasteiger partial charge in [0, 0.05) is 48.6 Å². The van der Waals surface area contributed by atoms with Gasteiger partial charge in [-0.2, -0.15) is 9.97 Å². The standard InChI is InChI=1S/C36H35F3N6O3/c1-3-22-8-5-9-23-16-25(46)17-26(29(22)23)31-30(37)32-27(19-40-31)33(44-15-12-36(38,39)18-24(20-44)41-28(47)4-2)43-34(42-32)48-21-35-10-6-13-45(35)14-7-11-35/h1,4-5,8-9,16-17,19,24,46H,2,6-7,10-15,18,20-21H2,(H,41,47)/t24-/m1/s1. The number of halogens is 3. The number of carbonyl (C=O) groups is 1. The van der Waals surface area contributed by atoms with Gasteiger partial charge in [-0.05, 0) is 68.4 Å². The van der Waals surface area contributed by atoms with E-state index in [1.54, 1.807) is 23.1 Å². The van der Waals surface area contributed by atoms with Gasteiger partial charge in [0.05, 0.1) is 17.0 Å². The first kappa shape index (κ1) is 31.7. The van der Waals surface area contributed by atoms with Crippen LogP contribution in [0, 0.1) is 18.2 Å². The van der Waals surface area contributed by atoms with E-state index >= 15 is 4.39 Å². The van der Waals surface area contributed by atoms with Gasteiger partial charge < -0.3 is 20.1 Å². The molecule has 7 rings (SSSR count). The lowest BCUT2D eigenvalue weighted by molar-refractivity contribution is -0.117. The van der Waals surface area contributed by atoms with E-state index in [2.05, 4.69) is 37.7 Å². The molecule has 1 amide bonds. The molecule has 0 unspecified atom stereocenters. The summed E-state index contributed by atoms with van der Waals surface area (Å²) in [6, 6.07) is 7.14. The summed E-state index contributed by atoms with van der Waals surface area (Å²) in [5.74, 6) is -1.75. The third-order valence-electron chi connectivity index (χ3n) is 9.86. The molecule has 2 aromatic heterocycles. The van der Waals surface area contributed by atoms with Crippen LogP contribution in [0.1, 0.15) is 44.1 Å². The number of aromatic nitrogens is 3. The number of nitrogens with zero attached hydrogens (tertiary/aromatic N) is 5. The molecule has 4 aromatic rings. The van der Waals surface area contributed by atoms with Crippen LogP contribution in [0.4, 0.5) is 19.0 Å². The molecule has 48 heavy (non-hydrogen) atoms. The van der Waals surface area contributed by atoms with Crippen molar-refractivity contribution < 1.29 is 27.8 Å². The van der Waals surface area contributed by atoms with Crippen molar-refractivity contribution in [2.75, 3.05) is 37.7 Å². The van der Waals surface area contributed by atoms with Crippen molar-refractivity contribution in [2.45, 2.75) is 56.0 Å². The first-order chi connectivity index (χ1) is 23.1. The molecule has 2 N–H and O–H groups in total. The fourth-order valence-corrected chi connectivity index (χ4v) is 7.63. The molecule has 5 heterocycles. The number of aromatic hydroxyl groups is 1. The van der Waals surface area contributed by atoms with Crippen molar-refractivity contribution >= 4 is 33.4 Å². The van der Waals surface area contributed by atoms with E-state index in [1.807, 2.05) is 0 Å². The number of carbonyl (C=O) groups excluding carboxylic acids is 1. The summed E-state index contributed by atoms with van der Waals surface area (Å²) in [7, 11) is 0. The van der Waals surface area contributed by atoms with E-state index in [1.165, 1.54) is 18.3 Å². The van der Waals surface area contributed by atoms with Gasteiger partial charge in [-0.15, -0.1) is 6.42 Å². The lowest BCUT2D eigenvalue weighted by Gasteiger charge is -2.31. The Bertz CT molecular complexity index is 1970. The number of phenols is 1. The van der Waals surface area contributed by atoms with Gasteiger partial charge in [0.15, 0.2) is 5.82 Å². The van der Waals surface area contributed by atoms with Crippen molar-refractivity contribution in [3.8, 4) is 35.4 Å². The maximum atomic E-state index is 16.9. The number of hydrogen-bond donors (Lipinski definition) is 2. The number of terminal acetylenes is 1. The summed E-state index contributed by atoms with van der Waals surface area (Å²) in [6.45, 7) is 5.56. The molecule has 3 aliphatic rings. The fourth-order valence-electron chi connectivity index (χ4n) is 7.63. The molecule has 0 spiro atoms. The van der Waals surface area contributed by atoms with Crippen molar-refractivity contribution in [3.05, 3.63) is 60.6 Å². The van der Waals surface area contributed by atoms with Gasteiger partial charge in [0.25, 0.3) is 5.92 Å². The number of rotatable bonds is 7. The third-order valence-corrected chi connectivity index (χ3v) is 9.86. The second kappa shape index (κ2) is 12.3.